The van der Waals surface area contributed by atoms with Crippen molar-refractivity contribution >= 4 is 5.78 Å². The van der Waals surface area contributed by atoms with Crippen LogP contribution in [-0.2, 0) is 9.53 Å². The average Bonchev–Trinajstić information content (AvgIpc) is 2.74. The zero-order valence-electron chi connectivity index (χ0n) is 12.7. The number of carbonyl (C=O) groups excluding carboxylic acids is 1. The Morgan fingerprint density at radius 3 is 2.95 bits per heavy atom. The normalized spacial score (nSPS) is 57.7. The highest BCUT2D eigenvalue weighted by Gasteiger charge is 2.65. The average molecular weight is 288 g/mol. The van der Waals surface area contributed by atoms with E-state index in [1.54, 1.807) is 6.08 Å². The lowest BCUT2D eigenvalue weighted by molar-refractivity contribution is -0.126. The van der Waals surface area contributed by atoms with Crippen molar-refractivity contribution in [2.75, 3.05) is 0 Å². The lowest BCUT2D eigenvalue weighted by Gasteiger charge is -2.55. The third-order valence-electron chi connectivity index (χ3n) is 7.69. The molecule has 1 N–H and O–H groups in total. The molecule has 3 saturated carbocycles. The van der Waals surface area contributed by atoms with Crippen LogP contribution in [0.2, 0.25) is 0 Å². The van der Waals surface area contributed by atoms with E-state index in [1.165, 1.54) is 19.3 Å². The summed E-state index contributed by atoms with van der Waals surface area (Å²) in [5.41, 5.74) is 0.481. The van der Waals surface area contributed by atoms with E-state index in [0.717, 1.165) is 24.3 Å². The first kappa shape index (κ1) is 12.8. The molecule has 3 heteroatoms. The van der Waals surface area contributed by atoms with E-state index in [9.17, 15) is 9.90 Å². The molecule has 1 saturated heterocycles. The minimum Gasteiger partial charge on any atom is -0.385 e. The Hall–Kier alpha value is -0.670. The molecule has 5 rings (SSSR count). The molecule has 0 aromatic rings. The van der Waals surface area contributed by atoms with Crippen LogP contribution in [-0.4, -0.2) is 28.7 Å². The molecule has 1 heterocycles. The van der Waals surface area contributed by atoms with Crippen LogP contribution in [0.5, 0.6) is 0 Å². The lowest BCUT2D eigenvalue weighted by Crippen LogP contribution is -2.56. The highest BCUT2D eigenvalue weighted by atomic mass is 16.5. The van der Waals surface area contributed by atoms with Gasteiger partial charge in [-0.05, 0) is 73.3 Å². The van der Waals surface area contributed by atoms with E-state index < -0.39 is 5.60 Å². The standard InChI is InChI=1S/C18H24O3/c1-17-6-5-13-11-9-15(21-16(17)3-2-12(11)17)14-8-10(19)4-7-18(13,14)20/h8,11-13,15-16,20H,2-7,9H2,1H3/t11-,12-,13-,15-,16+,17-,18-/m0/s1. The maximum absolute atomic E-state index is 11.9. The SMILES string of the molecule is C[C@@]12CC[C@H]3[C@H]4C[C@H](O[C@@H]1CC[C@@H]42)C1=CC(=O)CC[C@@]13O. The fraction of sp³-hybridized carbons (Fsp3) is 0.833. The Morgan fingerprint density at radius 2 is 2.10 bits per heavy atom. The predicted octanol–water partition coefficient (Wildman–Crippen LogP) is 2.62. The van der Waals surface area contributed by atoms with Gasteiger partial charge in [0.1, 0.15) is 0 Å². The molecule has 5 aliphatic rings. The van der Waals surface area contributed by atoms with Gasteiger partial charge >= 0.3 is 0 Å². The number of rotatable bonds is 0. The van der Waals surface area contributed by atoms with Crippen molar-refractivity contribution in [2.45, 2.75) is 69.7 Å². The van der Waals surface area contributed by atoms with Crippen molar-refractivity contribution in [3.63, 3.8) is 0 Å². The number of carbonyl (C=O) groups is 1. The van der Waals surface area contributed by atoms with Crippen molar-refractivity contribution in [3.05, 3.63) is 11.6 Å². The molecule has 7 atom stereocenters. The highest BCUT2D eigenvalue weighted by Crippen LogP contribution is 2.66. The Bertz CT molecular complexity index is 553. The van der Waals surface area contributed by atoms with Gasteiger partial charge in [0.05, 0.1) is 17.8 Å². The van der Waals surface area contributed by atoms with Crippen molar-refractivity contribution in [3.8, 4) is 0 Å². The van der Waals surface area contributed by atoms with Crippen molar-refractivity contribution in [2.24, 2.45) is 23.2 Å². The minimum absolute atomic E-state index is 0.00627. The van der Waals surface area contributed by atoms with Crippen LogP contribution in [0, 0.1) is 23.2 Å². The highest BCUT2D eigenvalue weighted by molar-refractivity contribution is 5.92. The van der Waals surface area contributed by atoms with Crippen molar-refractivity contribution in [1.82, 2.24) is 0 Å². The van der Waals surface area contributed by atoms with E-state index in [-0.39, 0.29) is 11.9 Å². The second-order valence-electron chi connectivity index (χ2n) is 8.34. The number of hydrogen-bond acceptors (Lipinski definition) is 3. The zero-order chi connectivity index (χ0) is 14.4. The summed E-state index contributed by atoms with van der Waals surface area (Å²) in [6.45, 7) is 2.42. The number of hydrogen-bond donors (Lipinski definition) is 1. The molecule has 0 unspecified atom stereocenters. The van der Waals surface area contributed by atoms with Gasteiger partial charge in [-0.25, -0.2) is 0 Å². The van der Waals surface area contributed by atoms with E-state index in [1.807, 2.05) is 0 Å². The number of fused-ring (bicyclic) bond motifs is 4. The lowest BCUT2D eigenvalue weighted by atomic mass is 9.51. The summed E-state index contributed by atoms with van der Waals surface area (Å²) in [5, 5.41) is 11.4. The molecule has 0 radical (unpaired) electrons. The van der Waals surface area contributed by atoms with Gasteiger partial charge in [0, 0.05) is 6.42 Å². The molecule has 3 nitrogen and oxygen atoms in total. The third-order valence-corrected chi connectivity index (χ3v) is 7.69. The van der Waals surface area contributed by atoms with Gasteiger partial charge in [-0.15, -0.1) is 0 Å². The van der Waals surface area contributed by atoms with Gasteiger partial charge in [-0.1, -0.05) is 6.92 Å². The maximum atomic E-state index is 11.9. The largest absolute Gasteiger partial charge is 0.385 e. The minimum atomic E-state index is -0.757. The van der Waals surface area contributed by atoms with Crippen LogP contribution in [0.1, 0.15) is 51.9 Å². The molecular weight excluding hydrogens is 264 g/mol. The maximum Gasteiger partial charge on any atom is 0.155 e. The van der Waals surface area contributed by atoms with Crippen LogP contribution in [0.4, 0.5) is 0 Å². The van der Waals surface area contributed by atoms with Crippen LogP contribution >= 0.6 is 0 Å². The first-order valence-electron chi connectivity index (χ1n) is 8.65. The fourth-order valence-corrected chi connectivity index (χ4v) is 6.69. The van der Waals surface area contributed by atoms with E-state index >= 15 is 0 Å². The first-order valence-corrected chi connectivity index (χ1v) is 8.65. The monoisotopic (exact) mass is 288 g/mol. The number of aliphatic hydroxyl groups is 1. The zero-order valence-corrected chi connectivity index (χ0v) is 12.7. The van der Waals surface area contributed by atoms with Crippen molar-refractivity contribution < 1.29 is 14.6 Å². The summed E-state index contributed by atoms with van der Waals surface area (Å²) in [4.78, 5) is 11.9. The summed E-state index contributed by atoms with van der Waals surface area (Å²) in [6.07, 6.45) is 8.93. The number of ketones is 1. The van der Waals surface area contributed by atoms with Gasteiger partial charge < -0.3 is 9.84 Å². The molecule has 0 aromatic carbocycles. The Morgan fingerprint density at radius 1 is 1.24 bits per heavy atom. The Balaban J connectivity index is 1.69. The Kier molecular flexibility index (Phi) is 2.32. The summed E-state index contributed by atoms with van der Waals surface area (Å²) < 4.78 is 6.51. The fourth-order valence-electron chi connectivity index (χ4n) is 6.69. The molecule has 0 aromatic heterocycles. The quantitative estimate of drug-likeness (QED) is 0.745. The molecule has 4 aliphatic carbocycles. The van der Waals surface area contributed by atoms with Crippen LogP contribution in [0.15, 0.2) is 11.6 Å². The van der Waals surface area contributed by atoms with Crippen LogP contribution in [0.3, 0.4) is 0 Å². The van der Waals surface area contributed by atoms with Crippen LogP contribution < -0.4 is 0 Å². The second-order valence-corrected chi connectivity index (χ2v) is 8.34. The smallest absolute Gasteiger partial charge is 0.155 e. The molecule has 5 bridgehead atoms. The molecule has 0 amide bonds. The molecular formula is C18H24O3. The third kappa shape index (κ3) is 1.40. The van der Waals surface area contributed by atoms with Gasteiger partial charge in [0.15, 0.2) is 5.78 Å². The van der Waals surface area contributed by atoms with E-state index in [4.69, 9.17) is 4.74 Å². The second kappa shape index (κ2) is 3.80. The van der Waals surface area contributed by atoms with E-state index in [2.05, 4.69) is 6.92 Å². The Labute approximate surface area is 125 Å². The molecule has 0 spiro atoms. The van der Waals surface area contributed by atoms with Crippen molar-refractivity contribution in [1.29, 1.82) is 0 Å². The number of ether oxygens (including phenoxy) is 1. The van der Waals surface area contributed by atoms with Gasteiger partial charge in [-0.2, -0.15) is 0 Å². The summed E-state index contributed by atoms with van der Waals surface area (Å²) in [6, 6.07) is 0. The predicted molar refractivity (Wildman–Crippen MR) is 77.6 cm³/mol. The van der Waals surface area contributed by atoms with Crippen LogP contribution in [0.25, 0.3) is 0 Å². The summed E-state index contributed by atoms with van der Waals surface area (Å²) >= 11 is 0. The molecule has 114 valence electrons. The van der Waals surface area contributed by atoms with E-state index in [0.29, 0.717) is 36.2 Å². The van der Waals surface area contributed by atoms with Gasteiger partial charge in [0.25, 0.3) is 0 Å². The molecule has 4 fully saturated rings. The summed E-state index contributed by atoms with van der Waals surface area (Å²) in [7, 11) is 0. The summed E-state index contributed by atoms with van der Waals surface area (Å²) in [5.74, 6) is 1.84. The molecule has 21 heavy (non-hydrogen) atoms. The molecule has 1 aliphatic heterocycles. The van der Waals surface area contributed by atoms with Gasteiger partial charge in [0.2, 0.25) is 0 Å². The first-order chi connectivity index (χ1) is 10.0. The van der Waals surface area contributed by atoms with Gasteiger partial charge in [-0.3, -0.25) is 4.79 Å². The topological polar surface area (TPSA) is 46.5 Å².